The fraction of sp³-hybridized carbons (Fsp3) is 0.0556. The lowest BCUT2D eigenvalue weighted by Gasteiger charge is -2.07. The van der Waals surface area contributed by atoms with Crippen LogP contribution in [0.3, 0.4) is 0 Å². The predicted octanol–water partition coefficient (Wildman–Crippen LogP) is 2.12. The number of aliphatic carboxylic acids is 1. The first-order chi connectivity index (χ1) is 12.0. The standard InChI is InChI=1S/C18H13BrN2O4/c19-14-3-5-15(6-4-14)21-18(24)13(10-20)9-12-1-7-16(8-2-12)25-11-17(22)23/h1-9H,11H2,(H,21,24)(H,22,23)/p-1/b13-9-. The van der Waals surface area contributed by atoms with Gasteiger partial charge in [-0.15, -0.1) is 0 Å². The van der Waals surface area contributed by atoms with Crippen LogP contribution in [0.2, 0.25) is 0 Å². The maximum atomic E-state index is 12.2. The topological polar surface area (TPSA) is 102 Å². The van der Waals surface area contributed by atoms with Crippen molar-refractivity contribution >= 4 is 39.6 Å². The Morgan fingerprint density at radius 3 is 2.36 bits per heavy atom. The van der Waals surface area contributed by atoms with Gasteiger partial charge in [-0.25, -0.2) is 0 Å². The summed E-state index contributed by atoms with van der Waals surface area (Å²) in [6.07, 6.45) is 1.43. The average molecular weight is 400 g/mol. The normalized spacial score (nSPS) is 10.6. The molecular weight excluding hydrogens is 388 g/mol. The molecule has 0 spiro atoms. The molecule has 2 rings (SSSR count). The summed E-state index contributed by atoms with van der Waals surface area (Å²) in [6.45, 7) is -0.547. The van der Waals surface area contributed by atoms with Gasteiger partial charge in [0, 0.05) is 10.2 Å². The van der Waals surface area contributed by atoms with Crippen molar-refractivity contribution in [2.45, 2.75) is 0 Å². The van der Waals surface area contributed by atoms with E-state index in [1.807, 2.05) is 6.07 Å². The zero-order valence-electron chi connectivity index (χ0n) is 12.9. The van der Waals surface area contributed by atoms with Crippen molar-refractivity contribution in [3.05, 3.63) is 64.1 Å². The molecule has 2 aromatic carbocycles. The summed E-state index contributed by atoms with van der Waals surface area (Å²) in [6, 6.07) is 15.1. The van der Waals surface area contributed by atoms with Gasteiger partial charge >= 0.3 is 0 Å². The number of halogens is 1. The van der Waals surface area contributed by atoms with Crippen LogP contribution in [0.1, 0.15) is 5.56 Å². The summed E-state index contributed by atoms with van der Waals surface area (Å²) >= 11 is 3.30. The van der Waals surface area contributed by atoms with E-state index in [1.165, 1.54) is 18.2 Å². The van der Waals surface area contributed by atoms with Crippen LogP contribution in [-0.4, -0.2) is 18.5 Å². The molecule has 25 heavy (non-hydrogen) atoms. The molecule has 0 aromatic heterocycles. The molecule has 0 atom stereocenters. The molecule has 0 aliphatic carbocycles. The maximum Gasteiger partial charge on any atom is 0.266 e. The number of nitrogens with one attached hydrogen (secondary N) is 1. The number of ether oxygens (including phenoxy) is 1. The van der Waals surface area contributed by atoms with Gasteiger partial charge in [0.05, 0.1) is 5.97 Å². The molecule has 0 fully saturated rings. The second-order valence-electron chi connectivity index (χ2n) is 4.86. The minimum absolute atomic E-state index is 0.0636. The van der Waals surface area contributed by atoms with Gasteiger partial charge in [0.25, 0.3) is 5.91 Å². The van der Waals surface area contributed by atoms with Crippen LogP contribution in [0.25, 0.3) is 6.08 Å². The van der Waals surface area contributed by atoms with Gasteiger partial charge in [-0.05, 0) is 48.0 Å². The number of amides is 1. The van der Waals surface area contributed by atoms with Crippen LogP contribution >= 0.6 is 15.9 Å². The van der Waals surface area contributed by atoms with E-state index >= 15 is 0 Å². The molecule has 126 valence electrons. The highest BCUT2D eigenvalue weighted by Gasteiger charge is 2.09. The number of nitriles is 1. The van der Waals surface area contributed by atoms with Crippen LogP contribution in [0.5, 0.6) is 5.75 Å². The first-order valence-corrected chi connectivity index (χ1v) is 7.88. The summed E-state index contributed by atoms with van der Waals surface area (Å²) in [7, 11) is 0. The number of hydrogen-bond donors (Lipinski definition) is 1. The van der Waals surface area contributed by atoms with E-state index in [1.54, 1.807) is 36.4 Å². The molecule has 0 aliphatic heterocycles. The third-order valence-corrected chi connectivity index (χ3v) is 3.54. The van der Waals surface area contributed by atoms with E-state index in [9.17, 15) is 20.0 Å². The average Bonchev–Trinajstić information content (AvgIpc) is 2.60. The Kier molecular flexibility index (Phi) is 6.32. The lowest BCUT2D eigenvalue weighted by molar-refractivity contribution is -0.307. The SMILES string of the molecule is N#C/C(=C/c1ccc(OCC(=O)[O-])cc1)C(=O)Nc1ccc(Br)cc1. The van der Waals surface area contributed by atoms with Gasteiger partial charge in [-0.2, -0.15) is 5.26 Å². The van der Waals surface area contributed by atoms with E-state index in [0.29, 0.717) is 17.0 Å². The van der Waals surface area contributed by atoms with Crippen molar-refractivity contribution in [1.82, 2.24) is 0 Å². The van der Waals surface area contributed by atoms with Crippen LogP contribution in [0.15, 0.2) is 58.6 Å². The van der Waals surface area contributed by atoms with E-state index in [0.717, 1.165) is 4.47 Å². The quantitative estimate of drug-likeness (QED) is 0.591. The highest BCUT2D eigenvalue weighted by atomic mass is 79.9. The summed E-state index contributed by atoms with van der Waals surface area (Å²) in [4.78, 5) is 22.5. The lowest BCUT2D eigenvalue weighted by atomic mass is 10.1. The molecule has 6 nitrogen and oxygen atoms in total. The van der Waals surface area contributed by atoms with Crippen molar-refractivity contribution in [3.63, 3.8) is 0 Å². The van der Waals surface area contributed by atoms with Gasteiger partial charge in [0.15, 0.2) is 0 Å². The molecule has 1 N–H and O–H groups in total. The number of nitrogens with zero attached hydrogens (tertiary/aromatic N) is 1. The Bertz CT molecular complexity index is 837. The largest absolute Gasteiger partial charge is 0.546 e. The summed E-state index contributed by atoms with van der Waals surface area (Å²) in [5.41, 5.74) is 1.11. The predicted molar refractivity (Wildman–Crippen MR) is 93.3 cm³/mol. The molecule has 0 unspecified atom stereocenters. The monoisotopic (exact) mass is 399 g/mol. The van der Waals surface area contributed by atoms with Crippen molar-refractivity contribution in [2.24, 2.45) is 0 Å². The first kappa shape index (κ1) is 18.2. The number of hydrogen-bond acceptors (Lipinski definition) is 5. The number of benzene rings is 2. The second kappa shape index (κ2) is 8.66. The van der Waals surface area contributed by atoms with Gasteiger partial charge in [-0.3, -0.25) is 4.79 Å². The molecular formula is C18H12BrN2O4-. The number of carbonyl (C=O) groups is 2. The highest BCUT2D eigenvalue weighted by molar-refractivity contribution is 9.10. The van der Waals surface area contributed by atoms with Crippen molar-refractivity contribution in [3.8, 4) is 11.8 Å². The molecule has 0 saturated carbocycles. The number of anilines is 1. The van der Waals surface area contributed by atoms with Crippen LogP contribution in [-0.2, 0) is 9.59 Å². The number of carboxylic acids is 1. The molecule has 2 aromatic rings. The Morgan fingerprint density at radius 2 is 1.80 bits per heavy atom. The van der Waals surface area contributed by atoms with Gasteiger partial charge in [0.2, 0.25) is 0 Å². The molecule has 0 heterocycles. The number of carbonyl (C=O) groups excluding carboxylic acids is 2. The Balaban J connectivity index is 2.08. The molecule has 0 saturated heterocycles. The van der Waals surface area contributed by atoms with E-state index in [4.69, 9.17) is 4.74 Å². The van der Waals surface area contributed by atoms with Gasteiger partial charge < -0.3 is 20.0 Å². The van der Waals surface area contributed by atoms with E-state index < -0.39 is 18.5 Å². The zero-order chi connectivity index (χ0) is 18.2. The number of rotatable bonds is 6. The zero-order valence-corrected chi connectivity index (χ0v) is 14.4. The third-order valence-electron chi connectivity index (χ3n) is 3.01. The minimum atomic E-state index is -1.32. The smallest absolute Gasteiger partial charge is 0.266 e. The van der Waals surface area contributed by atoms with E-state index in [-0.39, 0.29) is 5.57 Å². The molecule has 0 radical (unpaired) electrons. The second-order valence-corrected chi connectivity index (χ2v) is 5.78. The molecule has 1 amide bonds. The van der Waals surface area contributed by atoms with Crippen LogP contribution < -0.4 is 15.2 Å². The highest BCUT2D eigenvalue weighted by Crippen LogP contribution is 2.17. The molecule has 0 bridgehead atoms. The Labute approximate surface area is 152 Å². The Morgan fingerprint density at radius 1 is 1.16 bits per heavy atom. The van der Waals surface area contributed by atoms with Gasteiger partial charge in [-0.1, -0.05) is 28.1 Å². The maximum absolute atomic E-state index is 12.2. The van der Waals surface area contributed by atoms with Crippen molar-refractivity contribution in [2.75, 3.05) is 11.9 Å². The fourth-order valence-corrected chi connectivity index (χ4v) is 2.11. The molecule has 0 aliphatic rings. The number of carboxylic acid groups (broad SMARTS) is 1. The Hall–Kier alpha value is -3.11. The van der Waals surface area contributed by atoms with E-state index in [2.05, 4.69) is 21.2 Å². The third kappa shape index (κ3) is 5.79. The van der Waals surface area contributed by atoms with Gasteiger partial charge in [0.1, 0.15) is 24.0 Å². The van der Waals surface area contributed by atoms with Crippen LogP contribution in [0.4, 0.5) is 5.69 Å². The summed E-state index contributed by atoms with van der Waals surface area (Å²) in [5.74, 6) is -1.50. The van der Waals surface area contributed by atoms with Crippen molar-refractivity contribution < 1.29 is 19.4 Å². The fourth-order valence-electron chi connectivity index (χ4n) is 1.85. The van der Waals surface area contributed by atoms with Crippen molar-refractivity contribution in [1.29, 1.82) is 5.26 Å². The summed E-state index contributed by atoms with van der Waals surface area (Å²) in [5, 5.41) is 22.2. The minimum Gasteiger partial charge on any atom is -0.546 e. The van der Waals surface area contributed by atoms with Crippen LogP contribution in [0, 0.1) is 11.3 Å². The molecule has 7 heteroatoms. The first-order valence-electron chi connectivity index (χ1n) is 7.09. The summed E-state index contributed by atoms with van der Waals surface area (Å²) < 4.78 is 5.84. The lowest BCUT2D eigenvalue weighted by Crippen LogP contribution is -2.28.